The molecule has 0 fully saturated rings. The van der Waals surface area contributed by atoms with Gasteiger partial charge in [-0.25, -0.2) is 0 Å². The minimum absolute atomic E-state index is 0.0824. The summed E-state index contributed by atoms with van der Waals surface area (Å²) in [4.78, 5) is 0. The van der Waals surface area contributed by atoms with Crippen LogP contribution in [0.15, 0.2) is 48.6 Å². The Hall–Kier alpha value is -1.56. The first kappa shape index (κ1) is 11.9. The summed E-state index contributed by atoms with van der Waals surface area (Å²) in [7, 11) is 0. The van der Waals surface area contributed by atoms with Gasteiger partial charge < -0.3 is 0 Å². The van der Waals surface area contributed by atoms with Gasteiger partial charge in [0.15, 0.2) is 0 Å². The van der Waals surface area contributed by atoms with E-state index in [0.29, 0.717) is 0 Å². The highest BCUT2D eigenvalue weighted by atomic mass is 14.4. The number of rotatable bonds is 2. The molecule has 0 saturated carbocycles. The summed E-state index contributed by atoms with van der Waals surface area (Å²) in [5, 5.41) is 0. The second kappa shape index (κ2) is 4.03. The lowest BCUT2D eigenvalue weighted by Crippen LogP contribution is -2.16. The Morgan fingerprint density at radius 2 is 1.94 bits per heavy atom. The smallest absolute Gasteiger partial charge is 0.0158 e. The second-order valence-electron chi connectivity index (χ2n) is 5.21. The van der Waals surface area contributed by atoms with Crippen LogP contribution in [0.4, 0.5) is 0 Å². The van der Waals surface area contributed by atoms with Crippen LogP contribution in [-0.2, 0) is 5.41 Å². The summed E-state index contributed by atoms with van der Waals surface area (Å²) in [6, 6.07) is 6.72. The molecule has 0 aromatic heterocycles. The van der Waals surface area contributed by atoms with Crippen molar-refractivity contribution >= 4 is 5.57 Å². The Labute approximate surface area is 104 Å². The van der Waals surface area contributed by atoms with Crippen LogP contribution in [0.25, 0.3) is 5.57 Å². The van der Waals surface area contributed by atoms with Gasteiger partial charge in [-0.15, -0.1) is 0 Å². The van der Waals surface area contributed by atoms with Crippen LogP contribution < -0.4 is 0 Å². The molecule has 1 aliphatic rings. The Morgan fingerprint density at radius 1 is 1.24 bits per heavy atom. The fourth-order valence-electron chi connectivity index (χ4n) is 2.74. The molecule has 0 atom stereocenters. The largest absolute Gasteiger partial charge is 0.0984 e. The monoisotopic (exact) mass is 224 g/mol. The fourth-order valence-corrected chi connectivity index (χ4v) is 2.74. The molecule has 0 spiro atoms. The van der Waals surface area contributed by atoms with Crippen LogP contribution in [-0.4, -0.2) is 0 Å². The number of hydrogen-bond donors (Lipinski definition) is 0. The predicted molar refractivity (Wildman–Crippen MR) is 76.1 cm³/mol. The molecule has 0 N–H and O–H groups in total. The standard InChI is InChI=1S/C17H20/c1-6-8-15-13(7-2)14-11-12(3)9-10-16(14)17(15,4)5/h6-11H,2H2,1,3-5H3/b8-6-. The maximum Gasteiger partial charge on any atom is 0.0158 e. The van der Waals surface area contributed by atoms with E-state index in [1.165, 1.54) is 27.8 Å². The normalized spacial score (nSPS) is 17.6. The third-order valence-electron chi connectivity index (χ3n) is 3.64. The number of aryl methyl sites for hydroxylation is 1. The first-order chi connectivity index (χ1) is 8.02. The topological polar surface area (TPSA) is 0 Å². The lowest BCUT2D eigenvalue weighted by atomic mass is 9.81. The zero-order valence-corrected chi connectivity index (χ0v) is 11.2. The number of fused-ring (bicyclic) bond motifs is 1. The molecule has 17 heavy (non-hydrogen) atoms. The molecule has 2 rings (SSSR count). The van der Waals surface area contributed by atoms with Crippen molar-refractivity contribution in [1.82, 2.24) is 0 Å². The number of benzene rings is 1. The van der Waals surface area contributed by atoms with Crippen LogP contribution >= 0.6 is 0 Å². The molecule has 0 aliphatic heterocycles. The molecule has 0 saturated heterocycles. The fraction of sp³-hybridized carbons (Fsp3) is 0.294. The lowest BCUT2D eigenvalue weighted by Gasteiger charge is -2.22. The van der Waals surface area contributed by atoms with Gasteiger partial charge in [0.25, 0.3) is 0 Å². The molecule has 0 heterocycles. The van der Waals surface area contributed by atoms with E-state index in [2.05, 4.69) is 64.6 Å². The van der Waals surface area contributed by atoms with Crippen molar-refractivity contribution in [1.29, 1.82) is 0 Å². The number of allylic oxidation sites excluding steroid dienone is 5. The van der Waals surface area contributed by atoms with Crippen molar-refractivity contribution in [2.75, 3.05) is 0 Å². The van der Waals surface area contributed by atoms with Gasteiger partial charge in [0.05, 0.1) is 0 Å². The Balaban J connectivity index is 2.76. The first-order valence-corrected chi connectivity index (χ1v) is 6.13. The highest BCUT2D eigenvalue weighted by Crippen LogP contribution is 2.47. The van der Waals surface area contributed by atoms with Crippen LogP contribution in [0.5, 0.6) is 0 Å². The van der Waals surface area contributed by atoms with Crippen molar-refractivity contribution in [3.05, 3.63) is 65.3 Å². The van der Waals surface area contributed by atoms with E-state index in [1.807, 2.05) is 6.08 Å². The number of hydrogen-bond acceptors (Lipinski definition) is 0. The quantitative estimate of drug-likeness (QED) is 0.676. The van der Waals surface area contributed by atoms with Crippen molar-refractivity contribution in [2.24, 2.45) is 0 Å². The highest BCUT2D eigenvalue weighted by molar-refractivity contribution is 5.87. The van der Waals surface area contributed by atoms with Crippen molar-refractivity contribution in [2.45, 2.75) is 33.1 Å². The molecule has 0 amide bonds. The zero-order valence-electron chi connectivity index (χ0n) is 11.2. The molecule has 0 nitrogen and oxygen atoms in total. The maximum absolute atomic E-state index is 3.98. The molecule has 0 bridgehead atoms. The SMILES string of the molecule is C=CC1=C(/C=C\C)C(C)(C)c2ccc(C)cc21. The summed E-state index contributed by atoms with van der Waals surface area (Å²) >= 11 is 0. The molecular formula is C17H20. The minimum Gasteiger partial charge on any atom is -0.0984 e. The van der Waals surface area contributed by atoms with Gasteiger partial charge >= 0.3 is 0 Å². The van der Waals surface area contributed by atoms with E-state index in [-0.39, 0.29) is 5.41 Å². The Bertz CT molecular complexity index is 525. The second-order valence-corrected chi connectivity index (χ2v) is 5.21. The van der Waals surface area contributed by atoms with Crippen LogP contribution in [0, 0.1) is 6.92 Å². The lowest BCUT2D eigenvalue weighted by molar-refractivity contribution is 0.654. The van der Waals surface area contributed by atoms with Crippen molar-refractivity contribution in [3.63, 3.8) is 0 Å². The van der Waals surface area contributed by atoms with Crippen LogP contribution in [0.2, 0.25) is 0 Å². The predicted octanol–water partition coefficient (Wildman–Crippen LogP) is 4.80. The summed E-state index contributed by atoms with van der Waals surface area (Å²) in [5.74, 6) is 0. The zero-order chi connectivity index (χ0) is 12.6. The van der Waals surface area contributed by atoms with Crippen LogP contribution in [0.1, 0.15) is 37.5 Å². The van der Waals surface area contributed by atoms with Crippen molar-refractivity contribution in [3.8, 4) is 0 Å². The van der Waals surface area contributed by atoms with Gasteiger partial charge in [0, 0.05) is 5.41 Å². The molecule has 0 radical (unpaired) electrons. The third-order valence-corrected chi connectivity index (χ3v) is 3.64. The van der Waals surface area contributed by atoms with Gasteiger partial charge in [0.2, 0.25) is 0 Å². The molecule has 1 aliphatic carbocycles. The maximum atomic E-state index is 3.98. The first-order valence-electron chi connectivity index (χ1n) is 6.13. The minimum atomic E-state index is 0.0824. The molecular weight excluding hydrogens is 204 g/mol. The van der Waals surface area contributed by atoms with Gasteiger partial charge in [-0.05, 0) is 36.1 Å². The van der Waals surface area contributed by atoms with E-state index in [1.54, 1.807) is 0 Å². The van der Waals surface area contributed by atoms with Gasteiger partial charge in [0.1, 0.15) is 0 Å². The average molecular weight is 224 g/mol. The summed E-state index contributed by atoms with van der Waals surface area (Å²) in [5.41, 5.74) is 6.80. The van der Waals surface area contributed by atoms with Gasteiger partial charge in [-0.1, -0.05) is 62.4 Å². The van der Waals surface area contributed by atoms with Crippen LogP contribution in [0.3, 0.4) is 0 Å². The van der Waals surface area contributed by atoms with E-state index in [4.69, 9.17) is 0 Å². The molecule has 88 valence electrons. The highest BCUT2D eigenvalue weighted by Gasteiger charge is 2.34. The molecule has 1 aromatic carbocycles. The molecule has 0 heteroatoms. The van der Waals surface area contributed by atoms with E-state index in [9.17, 15) is 0 Å². The van der Waals surface area contributed by atoms with Gasteiger partial charge in [-0.2, -0.15) is 0 Å². The van der Waals surface area contributed by atoms with E-state index < -0.39 is 0 Å². The Kier molecular flexibility index (Phi) is 2.82. The van der Waals surface area contributed by atoms with E-state index >= 15 is 0 Å². The Morgan fingerprint density at radius 3 is 2.53 bits per heavy atom. The van der Waals surface area contributed by atoms with E-state index in [0.717, 1.165) is 0 Å². The summed E-state index contributed by atoms with van der Waals surface area (Å²) in [6.45, 7) is 12.8. The third kappa shape index (κ3) is 1.68. The van der Waals surface area contributed by atoms with Crippen molar-refractivity contribution < 1.29 is 0 Å². The summed E-state index contributed by atoms with van der Waals surface area (Å²) < 4.78 is 0. The summed E-state index contributed by atoms with van der Waals surface area (Å²) in [6.07, 6.45) is 6.31. The van der Waals surface area contributed by atoms with Gasteiger partial charge in [-0.3, -0.25) is 0 Å². The molecule has 1 aromatic rings. The average Bonchev–Trinajstić information content (AvgIpc) is 2.48. The molecule has 0 unspecified atom stereocenters.